The minimum atomic E-state index is -1.24. The highest BCUT2D eigenvalue weighted by Gasteiger charge is 2.38. The lowest BCUT2D eigenvalue weighted by atomic mass is 9.91. The van der Waals surface area contributed by atoms with Crippen molar-refractivity contribution in [3.63, 3.8) is 0 Å². The van der Waals surface area contributed by atoms with Crippen LogP contribution >= 0.6 is 0 Å². The molecule has 1 aromatic rings. The largest absolute Gasteiger partial charge is 0.444 e. The Labute approximate surface area is 135 Å². The number of hydrogen-bond donors (Lipinski definition) is 1. The summed E-state index contributed by atoms with van der Waals surface area (Å²) >= 11 is 0. The molecule has 23 heavy (non-hydrogen) atoms. The van der Waals surface area contributed by atoms with Crippen LogP contribution in [-0.4, -0.2) is 45.3 Å². The molecule has 0 bridgehead atoms. The average Bonchev–Trinajstić information content (AvgIpc) is 2.43. The predicted molar refractivity (Wildman–Crippen MR) is 83.6 cm³/mol. The molecule has 1 heterocycles. The quantitative estimate of drug-likeness (QED) is 0.678. The summed E-state index contributed by atoms with van der Waals surface area (Å²) in [5.74, 6) is 0. The van der Waals surface area contributed by atoms with Crippen LogP contribution in [0, 0.1) is 10.1 Å². The molecule has 7 heteroatoms. The molecule has 2 atom stereocenters. The predicted octanol–water partition coefficient (Wildman–Crippen LogP) is 1.99. The second-order valence-corrected chi connectivity index (χ2v) is 6.73. The van der Waals surface area contributed by atoms with Gasteiger partial charge in [0.2, 0.25) is 6.54 Å². The Bertz CT molecular complexity index is 596. The molecule has 0 saturated carbocycles. The van der Waals surface area contributed by atoms with Gasteiger partial charge >= 0.3 is 6.09 Å². The highest BCUT2D eigenvalue weighted by atomic mass is 16.6. The van der Waals surface area contributed by atoms with Gasteiger partial charge in [-0.15, -0.1) is 0 Å². The third kappa shape index (κ3) is 4.41. The van der Waals surface area contributed by atoms with Crippen molar-refractivity contribution in [2.24, 2.45) is 0 Å². The zero-order valence-electron chi connectivity index (χ0n) is 13.6. The molecule has 0 spiro atoms. The number of nitro groups is 1. The van der Waals surface area contributed by atoms with Crippen LogP contribution < -0.4 is 0 Å². The molecule has 1 aromatic carbocycles. The van der Waals surface area contributed by atoms with E-state index < -0.39 is 35.3 Å². The molecule has 126 valence electrons. The molecule has 2 rings (SSSR count). The highest BCUT2D eigenvalue weighted by Crippen LogP contribution is 2.27. The van der Waals surface area contributed by atoms with E-state index in [1.165, 1.54) is 4.90 Å². The number of carbonyl (C=O) groups excluding carboxylic acids is 1. The average molecular weight is 322 g/mol. The molecule has 1 aliphatic heterocycles. The van der Waals surface area contributed by atoms with Gasteiger partial charge in [-0.25, -0.2) is 4.79 Å². The Morgan fingerprint density at radius 3 is 2.61 bits per heavy atom. The molecule has 0 aromatic heterocycles. The molecule has 0 unspecified atom stereocenters. The van der Waals surface area contributed by atoms with Crippen molar-refractivity contribution in [3.05, 3.63) is 45.5 Å². The van der Waals surface area contributed by atoms with Crippen LogP contribution in [0.2, 0.25) is 0 Å². The summed E-state index contributed by atoms with van der Waals surface area (Å²) in [5.41, 5.74) is 1.27. The fraction of sp³-hybridized carbons (Fsp3) is 0.562. The molecule has 7 nitrogen and oxygen atoms in total. The van der Waals surface area contributed by atoms with Gasteiger partial charge in [0.25, 0.3) is 0 Å². The summed E-state index contributed by atoms with van der Waals surface area (Å²) in [6.07, 6.45) is -1.45. The molecule has 0 aliphatic carbocycles. The molecule has 0 radical (unpaired) electrons. The monoisotopic (exact) mass is 322 g/mol. The number of amides is 1. The second kappa shape index (κ2) is 6.54. The number of carbonyl (C=O) groups is 1. The van der Waals surface area contributed by atoms with E-state index in [9.17, 15) is 20.0 Å². The minimum absolute atomic E-state index is 0.268. The van der Waals surface area contributed by atoms with E-state index in [-0.39, 0.29) is 6.54 Å². The topological polar surface area (TPSA) is 92.9 Å². The van der Waals surface area contributed by atoms with Gasteiger partial charge in [0, 0.05) is 11.5 Å². The van der Waals surface area contributed by atoms with E-state index in [1.54, 1.807) is 20.8 Å². The van der Waals surface area contributed by atoms with Gasteiger partial charge in [0.15, 0.2) is 0 Å². The van der Waals surface area contributed by atoms with Crippen LogP contribution in [0.3, 0.4) is 0 Å². The molecule has 1 aliphatic rings. The van der Waals surface area contributed by atoms with E-state index in [0.29, 0.717) is 6.42 Å². The van der Waals surface area contributed by atoms with Crippen molar-refractivity contribution in [2.45, 2.75) is 51.5 Å². The first kappa shape index (κ1) is 17.2. The summed E-state index contributed by atoms with van der Waals surface area (Å²) in [7, 11) is 0. The van der Waals surface area contributed by atoms with Crippen LogP contribution in [0.4, 0.5) is 4.79 Å². The zero-order chi connectivity index (χ0) is 17.2. The van der Waals surface area contributed by atoms with Gasteiger partial charge in [-0.2, -0.15) is 0 Å². The van der Waals surface area contributed by atoms with Gasteiger partial charge in [-0.3, -0.25) is 15.0 Å². The highest BCUT2D eigenvalue weighted by molar-refractivity contribution is 5.69. The van der Waals surface area contributed by atoms with Crippen LogP contribution in [0.5, 0.6) is 0 Å². The van der Waals surface area contributed by atoms with Crippen LogP contribution in [0.1, 0.15) is 31.9 Å². The molecule has 0 saturated heterocycles. The number of nitrogens with zero attached hydrogens (tertiary/aromatic N) is 2. The van der Waals surface area contributed by atoms with Crippen molar-refractivity contribution in [2.75, 3.05) is 6.54 Å². The summed E-state index contributed by atoms with van der Waals surface area (Å²) < 4.78 is 5.38. The minimum Gasteiger partial charge on any atom is -0.444 e. The standard InChI is InChI=1S/C16H22N2O5/c1-16(2,3)23-15(20)17-9-12-7-5-4-6-11(12)8-13(17)14(19)10-18(21)22/h4-7,13-14,19H,8-10H2,1-3H3/t13-,14+/m0/s1. The lowest BCUT2D eigenvalue weighted by Gasteiger charge is -2.39. The van der Waals surface area contributed by atoms with Crippen LogP contribution in [0.15, 0.2) is 24.3 Å². The SMILES string of the molecule is CC(C)(C)OC(=O)N1Cc2ccccc2C[C@H]1[C@H](O)C[N+](=O)[O-]. The van der Waals surface area contributed by atoms with Gasteiger partial charge in [-0.1, -0.05) is 24.3 Å². The first-order valence-corrected chi connectivity index (χ1v) is 7.53. The number of aliphatic hydroxyl groups is 1. The number of hydrogen-bond acceptors (Lipinski definition) is 5. The van der Waals surface area contributed by atoms with E-state index in [0.717, 1.165) is 11.1 Å². The molecule has 1 N–H and O–H groups in total. The number of benzene rings is 1. The van der Waals surface area contributed by atoms with Crippen LogP contribution in [0.25, 0.3) is 0 Å². The molecular formula is C16H22N2O5. The van der Waals surface area contributed by atoms with E-state index >= 15 is 0 Å². The summed E-state index contributed by atoms with van der Waals surface area (Å²) in [6, 6.07) is 6.89. The van der Waals surface area contributed by atoms with Gasteiger partial charge in [-0.05, 0) is 38.3 Å². The fourth-order valence-electron chi connectivity index (χ4n) is 2.69. The van der Waals surface area contributed by atoms with Gasteiger partial charge in [0.05, 0.1) is 6.04 Å². The Kier molecular flexibility index (Phi) is 4.89. The van der Waals surface area contributed by atoms with Crippen molar-refractivity contribution < 1.29 is 19.6 Å². The van der Waals surface area contributed by atoms with Crippen LogP contribution in [-0.2, 0) is 17.7 Å². The Morgan fingerprint density at radius 1 is 1.43 bits per heavy atom. The number of aliphatic hydroxyl groups excluding tert-OH is 1. The van der Waals surface area contributed by atoms with Crippen molar-refractivity contribution in [3.8, 4) is 0 Å². The summed E-state index contributed by atoms with van der Waals surface area (Å²) in [6.45, 7) is 4.93. The lowest BCUT2D eigenvalue weighted by molar-refractivity contribution is -0.491. The Morgan fingerprint density at radius 2 is 2.04 bits per heavy atom. The van der Waals surface area contributed by atoms with Gasteiger partial charge < -0.3 is 9.84 Å². The van der Waals surface area contributed by atoms with Crippen molar-refractivity contribution in [1.82, 2.24) is 4.90 Å². The third-order valence-electron chi connectivity index (χ3n) is 3.70. The summed E-state index contributed by atoms with van der Waals surface area (Å²) in [5, 5.41) is 20.9. The lowest BCUT2D eigenvalue weighted by Crippen LogP contribution is -2.53. The number of fused-ring (bicyclic) bond motifs is 1. The first-order valence-electron chi connectivity index (χ1n) is 7.53. The number of ether oxygens (including phenoxy) is 1. The summed E-state index contributed by atoms with van der Waals surface area (Å²) in [4.78, 5) is 24.0. The fourth-order valence-corrected chi connectivity index (χ4v) is 2.69. The normalized spacial score (nSPS) is 19.0. The Balaban J connectivity index is 2.27. The molecule has 0 fully saturated rings. The zero-order valence-corrected chi connectivity index (χ0v) is 13.6. The first-order chi connectivity index (χ1) is 10.7. The van der Waals surface area contributed by atoms with Gasteiger partial charge in [0.1, 0.15) is 11.7 Å². The maximum atomic E-state index is 12.4. The Hall–Kier alpha value is -2.15. The smallest absolute Gasteiger partial charge is 0.410 e. The maximum Gasteiger partial charge on any atom is 0.410 e. The molecular weight excluding hydrogens is 300 g/mol. The third-order valence-corrected chi connectivity index (χ3v) is 3.70. The van der Waals surface area contributed by atoms with Crippen molar-refractivity contribution in [1.29, 1.82) is 0 Å². The van der Waals surface area contributed by atoms with E-state index in [2.05, 4.69) is 0 Å². The molecule has 1 amide bonds. The second-order valence-electron chi connectivity index (χ2n) is 6.73. The number of rotatable bonds is 3. The maximum absolute atomic E-state index is 12.4. The van der Waals surface area contributed by atoms with E-state index in [4.69, 9.17) is 4.74 Å². The van der Waals surface area contributed by atoms with Crippen molar-refractivity contribution >= 4 is 6.09 Å². The van der Waals surface area contributed by atoms with E-state index in [1.807, 2.05) is 24.3 Å².